The van der Waals surface area contributed by atoms with Gasteiger partial charge in [-0.1, -0.05) is 29.8 Å². The first-order valence-electron chi connectivity index (χ1n) is 14.8. The minimum atomic E-state index is -0.961. The number of halogens is 1. The smallest absolute Gasteiger partial charge is 0.411 e. The van der Waals surface area contributed by atoms with Crippen molar-refractivity contribution in [2.45, 2.75) is 64.7 Å². The molecule has 1 aliphatic rings. The number of methoxy groups -OCH3 is 1. The van der Waals surface area contributed by atoms with Gasteiger partial charge in [-0.05, 0) is 106 Å². The lowest BCUT2D eigenvalue weighted by Crippen LogP contribution is -2.47. The summed E-state index contributed by atoms with van der Waals surface area (Å²) in [7, 11) is 1.25. The summed E-state index contributed by atoms with van der Waals surface area (Å²) < 4.78 is 21.7. The summed E-state index contributed by atoms with van der Waals surface area (Å²) in [6.07, 6.45) is -0.237. The molecule has 2 N–H and O–H groups in total. The summed E-state index contributed by atoms with van der Waals surface area (Å²) in [5, 5.41) is 14.1. The van der Waals surface area contributed by atoms with E-state index in [1.807, 2.05) is 18.2 Å². The maximum absolute atomic E-state index is 13.4. The molecular weight excluding hydrogens is 600 g/mol. The third-order valence-corrected chi connectivity index (χ3v) is 7.43. The Kier molecular flexibility index (Phi) is 11.0. The van der Waals surface area contributed by atoms with Gasteiger partial charge in [0.15, 0.2) is 0 Å². The largest absolute Gasteiger partial charge is 0.465 e. The van der Waals surface area contributed by atoms with Crippen LogP contribution in [-0.2, 0) is 27.1 Å². The van der Waals surface area contributed by atoms with Crippen LogP contribution in [0.4, 0.5) is 15.3 Å². The zero-order valence-electron chi connectivity index (χ0n) is 26.1. The maximum atomic E-state index is 13.4. The Bertz CT molecular complexity index is 1540. The molecule has 0 heterocycles. The fraction of sp³-hybridized carbons (Fsp3) is 0.382. The van der Waals surface area contributed by atoms with Crippen molar-refractivity contribution in [1.29, 1.82) is 0 Å². The lowest BCUT2D eigenvalue weighted by atomic mass is 9.87. The monoisotopic (exact) mass is 638 g/mol. The van der Waals surface area contributed by atoms with Crippen molar-refractivity contribution < 1.29 is 38.4 Å². The molecule has 0 bridgehead atoms. The van der Waals surface area contributed by atoms with E-state index in [1.54, 1.807) is 62.9 Å². The van der Waals surface area contributed by atoms with Crippen LogP contribution < -0.4 is 10.1 Å². The zero-order chi connectivity index (χ0) is 32.7. The molecule has 0 aliphatic heterocycles. The van der Waals surface area contributed by atoms with Crippen molar-refractivity contribution in [1.82, 2.24) is 4.90 Å². The van der Waals surface area contributed by atoms with Crippen LogP contribution in [-0.4, -0.2) is 60.1 Å². The van der Waals surface area contributed by atoms with Crippen LogP contribution in [0.15, 0.2) is 60.7 Å². The van der Waals surface area contributed by atoms with Crippen molar-refractivity contribution in [2.75, 3.05) is 25.6 Å². The van der Waals surface area contributed by atoms with Crippen LogP contribution in [0.5, 0.6) is 11.5 Å². The topological polar surface area (TPSA) is 124 Å². The quantitative estimate of drug-likeness (QED) is 0.185. The number of hydrogen-bond acceptors (Lipinski definition) is 8. The molecule has 0 saturated carbocycles. The number of aliphatic hydroxyl groups excluding tert-OH is 1. The lowest BCUT2D eigenvalue weighted by molar-refractivity contribution is 0.00194. The maximum Gasteiger partial charge on any atom is 0.411 e. The van der Waals surface area contributed by atoms with Gasteiger partial charge in [0, 0.05) is 11.1 Å². The third-order valence-electron chi connectivity index (χ3n) is 7.20. The first-order chi connectivity index (χ1) is 21.4. The molecule has 2 amide bonds. The van der Waals surface area contributed by atoms with Gasteiger partial charge in [0.05, 0.1) is 37.6 Å². The second-order valence-electron chi connectivity index (χ2n) is 11.7. The highest BCUT2D eigenvalue weighted by atomic mass is 35.5. The normalized spacial score (nSPS) is 14.9. The number of esters is 1. The summed E-state index contributed by atoms with van der Waals surface area (Å²) in [4.78, 5) is 39.4. The van der Waals surface area contributed by atoms with Crippen LogP contribution in [0, 0.1) is 0 Å². The van der Waals surface area contributed by atoms with Gasteiger partial charge >= 0.3 is 18.2 Å². The molecule has 1 aliphatic carbocycles. The van der Waals surface area contributed by atoms with Crippen molar-refractivity contribution in [3.63, 3.8) is 0 Å². The molecule has 0 unspecified atom stereocenters. The van der Waals surface area contributed by atoms with Crippen LogP contribution in [0.25, 0.3) is 0 Å². The number of ether oxygens (including phenoxy) is 4. The van der Waals surface area contributed by atoms with Crippen LogP contribution in [0.3, 0.4) is 0 Å². The lowest BCUT2D eigenvalue weighted by Gasteiger charge is -2.37. The number of anilines is 1. The standard InChI is InChI=1S/C34H39ClN2O8/c1-6-43-32(40)36-29-15-14-27(19-28(29)31(39)42-5)44-26-13-11-21-10-12-25(17-23(21)18-26)37(33(41)45-34(2,3)4)20-30(38)22-8-7-9-24(35)16-22/h7-9,11,13-16,18-19,25,30,38H,6,10,12,17,20H2,1-5H3,(H,36,40)/t25-,30-/m0/s1. The number of amides is 2. The number of benzene rings is 3. The number of carbonyl (C=O) groups excluding carboxylic acids is 3. The van der Waals surface area contributed by atoms with E-state index >= 15 is 0 Å². The second-order valence-corrected chi connectivity index (χ2v) is 12.1. The van der Waals surface area contributed by atoms with E-state index in [4.69, 9.17) is 30.5 Å². The van der Waals surface area contributed by atoms with Gasteiger partial charge in [-0.25, -0.2) is 14.4 Å². The molecule has 0 fully saturated rings. The minimum Gasteiger partial charge on any atom is -0.465 e. The number of fused-ring (bicyclic) bond motifs is 1. The molecule has 2 atom stereocenters. The predicted molar refractivity (Wildman–Crippen MR) is 170 cm³/mol. The van der Waals surface area contributed by atoms with Crippen LogP contribution in [0.2, 0.25) is 5.02 Å². The van der Waals surface area contributed by atoms with Gasteiger partial charge in [-0.15, -0.1) is 0 Å². The van der Waals surface area contributed by atoms with E-state index in [0.29, 0.717) is 41.3 Å². The van der Waals surface area contributed by atoms with Gasteiger partial charge in [-0.2, -0.15) is 0 Å². The van der Waals surface area contributed by atoms with E-state index in [-0.39, 0.29) is 30.4 Å². The highest BCUT2D eigenvalue weighted by Crippen LogP contribution is 2.33. The van der Waals surface area contributed by atoms with E-state index in [2.05, 4.69) is 5.32 Å². The van der Waals surface area contributed by atoms with Crippen molar-refractivity contribution in [3.05, 3.63) is 87.9 Å². The van der Waals surface area contributed by atoms with Crippen molar-refractivity contribution in [3.8, 4) is 11.5 Å². The summed E-state index contributed by atoms with van der Waals surface area (Å²) >= 11 is 6.15. The van der Waals surface area contributed by atoms with Crippen LogP contribution >= 0.6 is 11.6 Å². The van der Waals surface area contributed by atoms with Gasteiger partial charge in [0.1, 0.15) is 17.1 Å². The Morgan fingerprint density at radius 3 is 2.47 bits per heavy atom. The number of hydrogen-bond donors (Lipinski definition) is 2. The molecule has 10 nitrogen and oxygen atoms in total. The Hall–Kier alpha value is -4.28. The van der Waals surface area contributed by atoms with Gasteiger partial charge in [0.2, 0.25) is 0 Å². The van der Waals surface area contributed by atoms with Gasteiger partial charge in [0.25, 0.3) is 0 Å². The predicted octanol–water partition coefficient (Wildman–Crippen LogP) is 7.32. The van der Waals surface area contributed by atoms with Crippen molar-refractivity contribution in [2.24, 2.45) is 0 Å². The molecule has 0 aromatic heterocycles. The Morgan fingerprint density at radius 1 is 1.04 bits per heavy atom. The second kappa shape index (κ2) is 14.7. The number of aryl methyl sites for hydroxylation is 1. The highest BCUT2D eigenvalue weighted by Gasteiger charge is 2.33. The number of nitrogens with one attached hydrogen (secondary N) is 1. The molecule has 0 saturated heterocycles. The van der Waals surface area contributed by atoms with Crippen molar-refractivity contribution >= 4 is 35.4 Å². The van der Waals surface area contributed by atoms with E-state index < -0.39 is 29.9 Å². The number of rotatable bonds is 9. The number of nitrogens with zero attached hydrogens (tertiary/aromatic N) is 1. The SMILES string of the molecule is CCOC(=O)Nc1ccc(Oc2ccc3c(c2)C[C@@H](N(C[C@H](O)c2cccc(Cl)c2)C(=O)OC(C)(C)C)CC3)cc1C(=O)OC. The molecule has 0 radical (unpaired) electrons. The first kappa shape index (κ1) is 33.6. The zero-order valence-corrected chi connectivity index (χ0v) is 26.8. The Balaban J connectivity index is 1.56. The van der Waals surface area contributed by atoms with Gasteiger partial charge in [-0.3, -0.25) is 5.32 Å². The fourth-order valence-electron chi connectivity index (χ4n) is 5.13. The molecule has 3 aromatic rings. The molecule has 240 valence electrons. The van der Waals surface area contributed by atoms with Crippen LogP contribution in [0.1, 0.15) is 67.3 Å². The molecular formula is C34H39ClN2O8. The highest BCUT2D eigenvalue weighted by molar-refractivity contribution is 6.30. The summed E-state index contributed by atoms with van der Waals surface area (Å²) in [5.41, 5.74) is 2.34. The first-order valence-corrected chi connectivity index (χ1v) is 15.1. The summed E-state index contributed by atoms with van der Waals surface area (Å²) in [6.45, 7) is 7.31. The summed E-state index contributed by atoms with van der Waals surface area (Å²) in [6, 6.07) is 17.1. The molecule has 3 aromatic carbocycles. The average Bonchev–Trinajstić information content (AvgIpc) is 2.99. The molecule has 11 heteroatoms. The molecule has 4 rings (SSSR count). The van der Waals surface area contributed by atoms with E-state index in [1.165, 1.54) is 19.2 Å². The van der Waals surface area contributed by atoms with Gasteiger partial charge < -0.3 is 29.0 Å². The molecule has 45 heavy (non-hydrogen) atoms. The minimum absolute atomic E-state index is 0.0356. The van der Waals surface area contributed by atoms with E-state index in [9.17, 15) is 19.5 Å². The molecule has 0 spiro atoms. The number of carbonyl (C=O) groups is 3. The fourth-order valence-corrected chi connectivity index (χ4v) is 5.33. The Labute approximate surface area is 268 Å². The average molecular weight is 639 g/mol. The number of aliphatic hydroxyl groups is 1. The Morgan fingerprint density at radius 2 is 1.78 bits per heavy atom. The summed E-state index contributed by atoms with van der Waals surface area (Å²) in [5.74, 6) is 0.235. The third kappa shape index (κ3) is 9.12. The van der Waals surface area contributed by atoms with E-state index in [0.717, 1.165) is 11.1 Å².